The average molecular weight is 282 g/mol. The van der Waals surface area contributed by atoms with E-state index in [1.807, 2.05) is 30.3 Å². The summed E-state index contributed by atoms with van der Waals surface area (Å²) in [4.78, 5) is 12.4. The number of hydrogen-bond donors (Lipinski definition) is 2. The van der Waals surface area contributed by atoms with Gasteiger partial charge in [-0.15, -0.1) is 0 Å². The third-order valence-corrected chi connectivity index (χ3v) is 3.92. The van der Waals surface area contributed by atoms with Crippen LogP contribution in [0.3, 0.4) is 0 Å². The van der Waals surface area contributed by atoms with E-state index in [-0.39, 0.29) is 11.8 Å². The van der Waals surface area contributed by atoms with Crippen molar-refractivity contribution < 1.29 is 9.42 Å². The molecule has 0 spiro atoms. The van der Waals surface area contributed by atoms with E-state index in [9.17, 15) is 4.79 Å². The van der Waals surface area contributed by atoms with E-state index in [1.54, 1.807) is 0 Å². The van der Waals surface area contributed by atoms with Crippen molar-refractivity contribution in [3.8, 4) is 0 Å². The van der Waals surface area contributed by atoms with Crippen LogP contribution >= 0.6 is 0 Å². The average Bonchev–Trinajstić information content (AvgIpc) is 2.87. The van der Waals surface area contributed by atoms with Gasteiger partial charge in [-0.1, -0.05) is 30.3 Å². The summed E-state index contributed by atoms with van der Waals surface area (Å²) in [6.07, 6.45) is 2.27. The molecule has 106 valence electrons. The van der Waals surface area contributed by atoms with E-state index in [2.05, 4.69) is 20.9 Å². The van der Waals surface area contributed by atoms with Crippen LogP contribution in [-0.2, 0) is 4.79 Å². The molecule has 2 aromatic rings. The number of Topliss-reactive ketones (excluding diaryl/α,β-unsaturated/α-hetero) is 1. The minimum atomic E-state index is -0.227. The fourth-order valence-electron chi connectivity index (χ4n) is 2.94. The Morgan fingerprint density at radius 1 is 1.10 bits per heavy atom. The summed E-state index contributed by atoms with van der Waals surface area (Å²) in [7, 11) is 0. The van der Waals surface area contributed by atoms with Crippen molar-refractivity contribution in [1.82, 2.24) is 10.3 Å². The molecule has 1 aromatic heterocycles. The zero-order chi connectivity index (χ0) is 14.2. The number of carbonyl (C=O) groups is 1. The number of anilines is 2. The summed E-state index contributed by atoms with van der Waals surface area (Å²) in [5.41, 5.74) is 2.73. The first-order valence-electron chi connectivity index (χ1n) is 7.00. The van der Waals surface area contributed by atoms with Gasteiger partial charge in [0.15, 0.2) is 5.78 Å². The Bertz CT molecular complexity index is 720. The predicted molar refractivity (Wildman–Crippen MR) is 76.6 cm³/mol. The van der Waals surface area contributed by atoms with Crippen LogP contribution in [0.15, 0.2) is 46.2 Å². The van der Waals surface area contributed by atoms with Crippen LogP contribution in [0.1, 0.15) is 30.9 Å². The first-order valence-corrected chi connectivity index (χ1v) is 7.00. The molecule has 1 aliphatic heterocycles. The number of nitrogens with one attached hydrogen (secondary N) is 2. The molecular weight excluding hydrogens is 268 g/mol. The highest BCUT2D eigenvalue weighted by Gasteiger charge is 2.33. The third kappa shape index (κ3) is 1.99. The van der Waals surface area contributed by atoms with Gasteiger partial charge in [-0.3, -0.25) is 4.79 Å². The lowest BCUT2D eigenvalue weighted by Gasteiger charge is -2.24. The normalized spacial score (nSPS) is 21.0. The zero-order valence-corrected chi connectivity index (χ0v) is 11.3. The Labute approximate surface area is 121 Å². The monoisotopic (exact) mass is 282 g/mol. The van der Waals surface area contributed by atoms with Crippen molar-refractivity contribution in [1.29, 1.82) is 0 Å². The third-order valence-electron chi connectivity index (χ3n) is 3.92. The minimum absolute atomic E-state index is 0.173. The molecule has 0 bridgehead atoms. The number of carbonyl (C=O) groups excluding carboxylic acids is 1. The molecule has 0 saturated heterocycles. The van der Waals surface area contributed by atoms with Crippen molar-refractivity contribution in [2.45, 2.75) is 25.3 Å². The summed E-state index contributed by atoms with van der Waals surface area (Å²) < 4.78 is 4.78. The highest BCUT2D eigenvalue weighted by Crippen LogP contribution is 2.38. The van der Waals surface area contributed by atoms with E-state index in [4.69, 9.17) is 4.63 Å². The Morgan fingerprint density at radius 3 is 2.76 bits per heavy atom. The van der Waals surface area contributed by atoms with Crippen LogP contribution in [0.4, 0.5) is 11.6 Å². The summed E-state index contributed by atoms with van der Waals surface area (Å²) in [6, 6.07) is 9.66. The summed E-state index contributed by atoms with van der Waals surface area (Å²) in [6.45, 7) is 0. The quantitative estimate of drug-likeness (QED) is 0.837. The van der Waals surface area contributed by atoms with Crippen molar-refractivity contribution in [2.24, 2.45) is 0 Å². The lowest BCUT2D eigenvalue weighted by atomic mass is 9.87. The minimum Gasteiger partial charge on any atom is -0.353 e. The second-order valence-corrected chi connectivity index (χ2v) is 5.24. The van der Waals surface area contributed by atoms with Crippen molar-refractivity contribution in [3.63, 3.8) is 0 Å². The topological polar surface area (TPSA) is 80.1 Å². The fraction of sp³-hybridized carbons (Fsp3) is 0.267. The Hall–Kier alpha value is -2.63. The predicted octanol–water partition coefficient (Wildman–Crippen LogP) is 2.66. The molecule has 0 amide bonds. The molecule has 6 heteroatoms. The molecule has 1 aromatic carbocycles. The van der Waals surface area contributed by atoms with Gasteiger partial charge in [0.05, 0.1) is 6.04 Å². The number of benzene rings is 1. The summed E-state index contributed by atoms with van der Waals surface area (Å²) >= 11 is 0. The zero-order valence-electron chi connectivity index (χ0n) is 11.3. The first-order chi connectivity index (χ1) is 10.3. The standard InChI is InChI=1S/C15H14N4O2/c20-11-8-4-7-10-12(11)13(9-5-2-1-3-6-9)17-15-14(16-10)18-21-19-15/h1-3,5-6,13H,4,7-8H2,(H,16,18)(H,17,19)/t13-/m0/s1. The number of rotatable bonds is 1. The van der Waals surface area contributed by atoms with Crippen molar-refractivity contribution in [2.75, 3.05) is 10.6 Å². The van der Waals surface area contributed by atoms with Gasteiger partial charge in [-0.2, -0.15) is 0 Å². The molecule has 6 nitrogen and oxygen atoms in total. The van der Waals surface area contributed by atoms with Gasteiger partial charge in [0.1, 0.15) is 0 Å². The Morgan fingerprint density at radius 2 is 1.90 bits per heavy atom. The van der Waals surface area contributed by atoms with Gasteiger partial charge >= 0.3 is 0 Å². The molecule has 0 radical (unpaired) electrons. The maximum absolute atomic E-state index is 12.4. The second-order valence-electron chi connectivity index (χ2n) is 5.24. The van der Waals surface area contributed by atoms with Crippen LogP contribution in [0.5, 0.6) is 0 Å². The Balaban J connectivity index is 1.87. The second kappa shape index (κ2) is 4.73. The molecule has 1 atom stereocenters. The highest BCUT2D eigenvalue weighted by atomic mass is 16.6. The van der Waals surface area contributed by atoms with Crippen LogP contribution in [0.25, 0.3) is 0 Å². The molecule has 0 fully saturated rings. The summed E-state index contributed by atoms with van der Waals surface area (Å²) in [5, 5.41) is 14.2. The van der Waals surface area contributed by atoms with E-state index < -0.39 is 0 Å². The SMILES string of the molecule is O=C1CCCC2=C1[C@H](c1ccccc1)Nc1nonc1N2. The van der Waals surface area contributed by atoms with Crippen molar-refractivity contribution >= 4 is 17.4 Å². The van der Waals surface area contributed by atoms with Gasteiger partial charge in [0.2, 0.25) is 11.6 Å². The molecule has 0 unspecified atom stereocenters. The van der Waals surface area contributed by atoms with Crippen LogP contribution in [-0.4, -0.2) is 16.1 Å². The number of fused-ring (bicyclic) bond motifs is 1. The maximum Gasteiger partial charge on any atom is 0.219 e. The van der Waals surface area contributed by atoms with Gasteiger partial charge in [0.25, 0.3) is 0 Å². The number of aromatic nitrogens is 2. The Kier molecular flexibility index (Phi) is 2.73. The molecule has 2 aliphatic rings. The number of ketones is 1. The molecule has 2 heterocycles. The molecule has 1 aliphatic carbocycles. The molecule has 0 saturated carbocycles. The molecule has 2 N–H and O–H groups in total. The van der Waals surface area contributed by atoms with Gasteiger partial charge in [0, 0.05) is 17.7 Å². The fourth-order valence-corrected chi connectivity index (χ4v) is 2.94. The largest absolute Gasteiger partial charge is 0.353 e. The lowest BCUT2D eigenvalue weighted by molar-refractivity contribution is -0.116. The van der Waals surface area contributed by atoms with Crippen molar-refractivity contribution in [3.05, 3.63) is 47.2 Å². The van der Waals surface area contributed by atoms with E-state index in [0.29, 0.717) is 18.1 Å². The van der Waals surface area contributed by atoms with Crippen LogP contribution in [0, 0.1) is 0 Å². The van der Waals surface area contributed by atoms with E-state index >= 15 is 0 Å². The van der Waals surface area contributed by atoms with Gasteiger partial charge < -0.3 is 10.6 Å². The maximum atomic E-state index is 12.4. The van der Waals surface area contributed by atoms with Gasteiger partial charge in [-0.05, 0) is 28.7 Å². The lowest BCUT2D eigenvalue weighted by Crippen LogP contribution is -2.23. The molecule has 4 rings (SSSR count). The molecule has 21 heavy (non-hydrogen) atoms. The van der Waals surface area contributed by atoms with Crippen LogP contribution in [0.2, 0.25) is 0 Å². The highest BCUT2D eigenvalue weighted by molar-refractivity contribution is 6.00. The van der Waals surface area contributed by atoms with E-state index in [0.717, 1.165) is 29.7 Å². The van der Waals surface area contributed by atoms with E-state index in [1.165, 1.54) is 0 Å². The number of nitrogens with zero attached hydrogens (tertiary/aromatic N) is 2. The number of hydrogen-bond acceptors (Lipinski definition) is 6. The summed E-state index contributed by atoms with van der Waals surface area (Å²) in [5.74, 6) is 1.24. The molecular formula is C15H14N4O2. The number of allylic oxidation sites excluding steroid dienone is 1. The van der Waals surface area contributed by atoms with Crippen LogP contribution < -0.4 is 10.6 Å². The smallest absolute Gasteiger partial charge is 0.219 e. The first kappa shape index (κ1) is 12.1. The van der Waals surface area contributed by atoms with Gasteiger partial charge in [-0.25, -0.2) is 4.63 Å².